The van der Waals surface area contributed by atoms with E-state index in [2.05, 4.69) is 0 Å². The monoisotopic (exact) mass is 258 g/mol. The van der Waals surface area contributed by atoms with Crippen molar-refractivity contribution in [3.63, 3.8) is 0 Å². The Morgan fingerprint density at radius 2 is 1.16 bits per heavy atom. The van der Waals surface area contributed by atoms with Crippen LogP contribution in [0.3, 0.4) is 0 Å². The summed E-state index contributed by atoms with van der Waals surface area (Å²) in [5.41, 5.74) is 12.7. The zero-order valence-electron chi connectivity index (χ0n) is 10.9. The van der Waals surface area contributed by atoms with Crippen molar-refractivity contribution in [1.82, 2.24) is 0 Å². The van der Waals surface area contributed by atoms with Gasteiger partial charge in [-0.15, -0.1) is 0 Å². The van der Waals surface area contributed by atoms with Crippen molar-refractivity contribution in [3.8, 4) is 11.5 Å². The summed E-state index contributed by atoms with van der Waals surface area (Å²) in [4.78, 5) is 0. The quantitative estimate of drug-likeness (QED) is 0.638. The molecule has 2 rings (SSSR count). The van der Waals surface area contributed by atoms with E-state index in [1.807, 2.05) is 31.2 Å². The molecule has 0 aliphatic carbocycles. The second-order valence-electron chi connectivity index (χ2n) is 4.21. The number of anilines is 2. The SMILES string of the molecule is CCC(Oc1ccc(N)cc1)Oc1ccc(N)cc1. The number of nitrogen functional groups attached to an aromatic ring is 2. The molecular weight excluding hydrogens is 240 g/mol. The molecule has 0 aromatic heterocycles. The largest absolute Gasteiger partial charge is 0.455 e. The third-order valence-electron chi connectivity index (χ3n) is 2.63. The predicted octanol–water partition coefficient (Wildman–Crippen LogP) is 3.04. The van der Waals surface area contributed by atoms with Crippen LogP contribution in [0.4, 0.5) is 11.4 Å². The minimum Gasteiger partial charge on any atom is -0.455 e. The van der Waals surface area contributed by atoms with Crippen LogP contribution < -0.4 is 20.9 Å². The van der Waals surface area contributed by atoms with Gasteiger partial charge < -0.3 is 20.9 Å². The normalized spacial score (nSPS) is 10.4. The smallest absolute Gasteiger partial charge is 0.240 e. The lowest BCUT2D eigenvalue weighted by Gasteiger charge is -2.19. The van der Waals surface area contributed by atoms with Crippen molar-refractivity contribution < 1.29 is 9.47 Å². The van der Waals surface area contributed by atoms with Crippen LogP contribution in [0, 0.1) is 0 Å². The van der Waals surface area contributed by atoms with Gasteiger partial charge in [-0.25, -0.2) is 0 Å². The average Bonchev–Trinajstić information content (AvgIpc) is 2.43. The van der Waals surface area contributed by atoms with Gasteiger partial charge >= 0.3 is 0 Å². The van der Waals surface area contributed by atoms with Gasteiger partial charge in [-0.2, -0.15) is 0 Å². The van der Waals surface area contributed by atoms with E-state index in [-0.39, 0.29) is 6.29 Å². The topological polar surface area (TPSA) is 70.5 Å². The van der Waals surface area contributed by atoms with Gasteiger partial charge in [0.2, 0.25) is 6.29 Å². The zero-order valence-corrected chi connectivity index (χ0v) is 10.9. The number of benzene rings is 2. The summed E-state index contributed by atoms with van der Waals surface area (Å²) < 4.78 is 11.5. The molecule has 0 radical (unpaired) electrons. The number of hydrogen-bond donors (Lipinski definition) is 2. The fourth-order valence-corrected chi connectivity index (χ4v) is 1.59. The van der Waals surface area contributed by atoms with E-state index in [9.17, 15) is 0 Å². The molecule has 19 heavy (non-hydrogen) atoms. The molecule has 0 amide bonds. The van der Waals surface area contributed by atoms with Gasteiger partial charge in [0.1, 0.15) is 11.5 Å². The Morgan fingerprint density at radius 3 is 1.47 bits per heavy atom. The highest BCUT2D eigenvalue weighted by Gasteiger charge is 2.09. The highest BCUT2D eigenvalue weighted by atomic mass is 16.7. The van der Waals surface area contributed by atoms with Crippen LogP contribution in [-0.2, 0) is 0 Å². The number of ether oxygens (including phenoxy) is 2. The maximum absolute atomic E-state index is 5.74. The van der Waals surface area contributed by atoms with Crippen LogP contribution in [0.1, 0.15) is 13.3 Å². The lowest BCUT2D eigenvalue weighted by molar-refractivity contribution is 0.00333. The summed E-state index contributed by atoms with van der Waals surface area (Å²) in [7, 11) is 0. The Bertz CT molecular complexity index is 461. The molecule has 0 atom stereocenters. The molecule has 2 aromatic carbocycles. The molecule has 0 saturated heterocycles. The average molecular weight is 258 g/mol. The summed E-state index contributed by atoms with van der Waals surface area (Å²) in [6.45, 7) is 2.00. The molecule has 0 spiro atoms. The van der Waals surface area contributed by atoms with Crippen molar-refractivity contribution in [2.75, 3.05) is 11.5 Å². The summed E-state index contributed by atoms with van der Waals surface area (Å²) in [5.74, 6) is 1.47. The van der Waals surface area contributed by atoms with Crippen LogP contribution in [0.5, 0.6) is 11.5 Å². The summed E-state index contributed by atoms with van der Waals surface area (Å²) in [5, 5.41) is 0. The van der Waals surface area contributed by atoms with Crippen molar-refractivity contribution >= 4 is 11.4 Å². The maximum Gasteiger partial charge on any atom is 0.240 e. The first-order valence-corrected chi connectivity index (χ1v) is 6.22. The first-order valence-electron chi connectivity index (χ1n) is 6.22. The highest BCUT2D eigenvalue weighted by molar-refractivity contribution is 5.42. The van der Waals surface area contributed by atoms with E-state index in [1.54, 1.807) is 24.3 Å². The molecule has 100 valence electrons. The Kier molecular flexibility index (Phi) is 4.13. The molecule has 4 N–H and O–H groups in total. The molecule has 2 aromatic rings. The van der Waals surface area contributed by atoms with Crippen molar-refractivity contribution in [2.45, 2.75) is 19.6 Å². The number of nitrogens with two attached hydrogens (primary N) is 2. The zero-order chi connectivity index (χ0) is 13.7. The molecule has 0 aliphatic rings. The Labute approximate surface area is 112 Å². The van der Waals surface area contributed by atoms with Gasteiger partial charge in [0.25, 0.3) is 0 Å². The minimum absolute atomic E-state index is 0.341. The van der Waals surface area contributed by atoms with Gasteiger partial charge in [-0.1, -0.05) is 6.92 Å². The lowest BCUT2D eigenvalue weighted by Crippen LogP contribution is -2.22. The Balaban J connectivity index is 2.00. The molecule has 0 bridgehead atoms. The number of hydrogen-bond acceptors (Lipinski definition) is 4. The predicted molar refractivity (Wildman–Crippen MR) is 77.0 cm³/mol. The lowest BCUT2D eigenvalue weighted by atomic mass is 10.3. The van der Waals surface area contributed by atoms with E-state index >= 15 is 0 Å². The minimum atomic E-state index is -0.341. The molecule has 0 unspecified atom stereocenters. The third-order valence-corrected chi connectivity index (χ3v) is 2.63. The summed E-state index contributed by atoms with van der Waals surface area (Å²) in [6.07, 6.45) is 0.390. The van der Waals surface area contributed by atoms with Crippen LogP contribution in [0.2, 0.25) is 0 Å². The van der Waals surface area contributed by atoms with E-state index in [4.69, 9.17) is 20.9 Å². The first-order chi connectivity index (χ1) is 9.17. The van der Waals surface area contributed by atoms with E-state index < -0.39 is 0 Å². The second kappa shape index (κ2) is 6.00. The fraction of sp³-hybridized carbons (Fsp3) is 0.200. The molecular formula is C15H18N2O2. The molecule has 0 heterocycles. The highest BCUT2D eigenvalue weighted by Crippen LogP contribution is 2.19. The molecule has 0 fully saturated rings. The van der Waals surface area contributed by atoms with E-state index in [0.717, 1.165) is 17.9 Å². The second-order valence-corrected chi connectivity index (χ2v) is 4.21. The van der Waals surface area contributed by atoms with Crippen LogP contribution in [0.15, 0.2) is 48.5 Å². The molecule has 0 saturated carbocycles. The van der Waals surface area contributed by atoms with Gasteiger partial charge in [0.05, 0.1) is 0 Å². The Morgan fingerprint density at radius 1 is 0.789 bits per heavy atom. The standard InChI is InChI=1S/C15H18N2O2/c1-2-15(18-13-7-3-11(16)4-8-13)19-14-9-5-12(17)6-10-14/h3-10,15H,2,16-17H2,1H3. The third kappa shape index (κ3) is 3.81. The van der Waals surface area contributed by atoms with Gasteiger partial charge in [0.15, 0.2) is 0 Å². The molecule has 0 aliphatic heterocycles. The van der Waals surface area contributed by atoms with Gasteiger partial charge in [-0.05, 0) is 48.5 Å². The summed E-state index contributed by atoms with van der Waals surface area (Å²) >= 11 is 0. The fourth-order valence-electron chi connectivity index (χ4n) is 1.59. The van der Waals surface area contributed by atoms with Crippen molar-refractivity contribution in [3.05, 3.63) is 48.5 Å². The van der Waals surface area contributed by atoms with E-state index in [1.165, 1.54) is 0 Å². The van der Waals surface area contributed by atoms with Crippen LogP contribution in [-0.4, -0.2) is 6.29 Å². The van der Waals surface area contributed by atoms with Gasteiger partial charge in [-0.3, -0.25) is 0 Å². The first kappa shape index (κ1) is 13.1. The molecule has 4 nitrogen and oxygen atoms in total. The number of rotatable bonds is 5. The maximum atomic E-state index is 5.74. The van der Waals surface area contributed by atoms with Crippen molar-refractivity contribution in [2.24, 2.45) is 0 Å². The van der Waals surface area contributed by atoms with Gasteiger partial charge in [0, 0.05) is 17.8 Å². The molecule has 4 heteroatoms. The van der Waals surface area contributed by atoms with Crippen LogP contribution >= 0.6 is 0 Å². The van der Waals surface area contributed by atoms with Crippen molar-refractivity contribution in [1.29, 1.82) is 0 Å². The summed E-state index contributed by atoms with van der Waals surface area (Å²) in [6, 6.07) is 14.5. The Hall–Kier alpha value is -2.36. The van der Waals surface area contributed by atoms with E-state index in [0.29, 0.717) is 11.4 Å². The van der Waals surface area contributed by atoms with Crippen LogP contribution in [0.25, 0.3) is 0 Å².